The number of anilines is 3. The smallest absolute Gasteiger partial charge is 0.214 e. The summed E-state index contributed by atoms with van der Waals surface area (Å²) in [7, 11) is 0. The van der Waals surface area contributed by atoms with Gasteiger partial charge in [0.05, 0.1) is 5.39 Å². The summed E-state index contributed by atoms with van der Waals surface area (Å²) in [5, 5.41) is 4.20. The summed E-state index contributed by atoms with van der Waals surface area (Å²) in [6.45, 7) is 0. The molecule has 2 heterocycles. The van der Waals surface area contributed by atoms with Crippen molar-refractivity contribution in [2.75, 3.05) is 11.1 Å². The zero-order valence-corrected chi connectivity index (χ0v) is 17.5. The lowest BCUT2D eigenvalue weighted by Crippen LogP contribution is -2.48. The van der Waals surface area contributed by atoms with Gasteiger partial charge in [0.25, 0.3) is 0 Å². The van der Waals surface area contributed by atoms with Crippen LogP contribution in [0.1, 0.15) is 44.2 Å². The lowest BCUT2D eigenvalue weighted by Gasteiger charge is -2.56. The van der Waals surface area contributed by atoms with Gasteiger partial charge in [-0.15, -0.1) is 0 Å². The van der Waals surface area contributed by atoms with Crippen LogP contribution < -0.4 is 16.5 Å². The van der Waals surface area contributed by atoms with Gasteiger partial charge in [-0.2, -0.15) is 0 Å². The first-order valence-electron chi connectivity index (χ1n) is 10.8. The monoisotopic (exact) mass is 421 g/mol. The predicted molar refractivity (Wildman–Crippen MR) is 120 cm³/mol. The van der Waals surface area contributed by atoms with Crippen molar-refractivity contribution in [1.82, 2.24) is 4.98 Å². The number of halogens is 1. The van der Waals surface area contributed by atoms with Gasteiger partial charge in [0.1, 0.15) is 21.3 Å². The van der Waals surface area contributed by atoms with Gasteiger partial charge in [-0.05, 0) is 86.6 Å². The van der Waals surface area contributed by atoms with E-state index in [2.05, 4.69) is 11.4 Å². The number of fused-ring (bicyclic) bond motifs is 1. The molecule has 4 bridgehead atoms. The van der Waals surface area contributed by atoms with Crippen molar-refractivity contribution in [3.05, 3.63) is 58.1 Å². The average molecular weight is 422 g/mol. The van der Waals surface area contributed by atoms with Crippen LogP contribution in [0.3, 0.4) is 0 Å². The van der Waals surface area contributed by atoms with Crippen molar-refractivity contribution in [3.8, 4) is 0 Å². The van der Waals surface area contributed by atoms with Crippen molar-refractivity contribution in [3.63, 3.8) is 0 Å². The Kier molecular flexibility index (Phi) is 3.97. The number of hydrogen-bond acceptors (Lipinski definition) is 5. The first-order chi connectivity index (χ1) is 14.5. The van der Waals surface area contributed by atoms with Crippen molar-refractivity contribution in [1.29, 1.82) is 0 Å². The fraction of sp³-hybridized carbons (Fsp3) is 0.417. The maximum absolute atomic E-state index is 13.6. The molecule has 4 nitrogen and oxygen atoms in total. The first kappa shape index (κ1) is 18.3. The molecule has 154 valence electrons. The van der Waals surface area contributed by atoms with Crippen LogP contribution in [0.25, 0.3) is 10.2 Å². The van der Waals surface area contributed by atoms with E-state index in [1.165, 1.54) is 62.0 Å². The lowest BCUT2D eigenvalue weighted by atomic mass is 9.49. The van der Waals surface area contributed by atoms with Crippen LogP contribution in [0.4, 0.5) is 20.8 Å². The Morgan fingerprint density at radius 1 is 1.07 bits per heavy atom. The van der Waals surface area contributed by atoms with Gasteiger partial charge in [-0.25, -0.2) is 9.37 Å². The zero-order valence-electron chi connectivity index (χ0n) is 16.7. The third kappa shape index (κ3) is 2.84. The Hall–Kier alpha value is -2.47. The number of rotatable bonds is 3. The van der Waals surface area contributed by atoms with E-state index >= 15 is 0 Å². The topological polar surface area (TPSA) is 68.0 Å². The molecule has 7 rings (SSSR count). The molecule has 0 aliphatic heterocycles. The molecule has 4 fully saturated rings. The van der Waals surface area contributed by atoms with E-state index in [9.17, 15) is 9.18 Å². The Labute approximate surface area is 178 Å². The fourth-order valence-corrected chi connectivity index (χ4v) is 7.58. The highest BCUT2D eigenvalue weighted by molar-refractivity contribution is 7.22. The van der Waals surface area contributed by atoms with Gasteiger partial charge < -0.3 is 11.1 Å². The fourth-order valence-electron chi connectivity index (χ4n) is 6.60. The number of pyridine rings is 1. The molecule has 3 N–H and O–H groups in total. The molecule has 30 heavy (non-hydrogen) atoms. The molecule has 6 heteroatoms. The second-order valence-electron chi connectivity index (χ2n) is 9.56. The summed E-state index contributed by atoms with van der Waals surface area (Å²) < 4.78 is 13.6. The second kappa shape index (κ2) is 6.51. The van der Waals surface area contributed by atoms with Crippen molar-refractivity contribution < 1.29 is 4.39 Å². The highest BCUT2D eigenvalue weighted by Gasteiger charge is 2.52. The van der Waals surface area contributed by atoms with Crippen LogP contribution in [0.2, 0.25) is 0 Å². The standard InChI is InChI=1S/C24H24FN3OS/c25-16-2-1-3-17(9-16)27-23-20(26)21(29)18-4-5-19(28-22(18)30-23)24-10-13-6-14(11-24)8-15(7-13)12-24/h1-5,9,13-15,27H,6-8,10-12,26H2. The molecule has 2 aromatic heterocycles. The van der Waals surface area contributed by atoms with Gasteiger partial charge >= 0.3 is 0 Å². The lowest BCUT2D eigenvalue weighted by molar-refractivity contribution is -0.00704. The van der Waals surface area contributed by atoms with E-state index in [0.717, 1.165) is 23.4 Å². The Bertz CT molecular complexity index is 1190. The summed E-state index contributed by atoms with van der Waals surface area (Å²) >= 11 is 1.38. The summed E-state index contributed by atoms with van der Waals surface area (Å²) in [6.07, 6.45) is 7.86. The predicted octanol–water partition coefficient (Wildman–Crippen LogP) is 5.59. The first-order valence-corrected chi connectivity index (χ1v) is 11.6. The van der Waals surface area contributed by atoms with E-state index in [0.29, 0.717) is 20.9 Å². The SMILES string of the molecule is Nc1c(Nc2cccc(F)c2)sc2nc(C34CC5CC(CC(C5)C3)C4)ccc2c1=O. The number of nitrogens with one attached hydrogen (secondary N) is 1. The van der Waals surface area contributed by atoms with E-state index in [1.807, 2.05) is 6.07 Å². The number of nitrogens with two attached hydrogens (primary N) is 1. The molecule has 4 saturated carbocycles. The van der Waals surface area contributed by atoms with Gasteiger partial charge in [-0.1, -0.05) is 17.4 Å². The number of nitrogens with zero attached hydrogens (tertiary/aromatic N) is 1. The zero-order chi connectivity index (χ0) is 20.5. The maximum Gasteiger partial charge on any atom is 0.214 e. The molecule has 0 saturated heterocycles. The number of nitrogen functional groups attached to an aromatic ring is 1. The van der Waals surface area contributed by atoms with Crippen LogP contribution in [0.5, 0.6) is 0 Å². The molecule has 0 spiro atoms. The van der Waals surface area contributed by atoms with Gasteiger partial charge in [0.15, 0.2) is 0 Å². The van der Waals surface area contributed by atoms with E-state index in [-0.39, 0.29) is 22.3 Å². The van der Waals surface area contributed by atoms with Crippen LogP contribution >= 0.6 is 11.3 Å². The van der Waals surface area contributed by atoms with Crippen LogP contribution in [-0.2, 0) is 5.41 Å². The van der Waals surface area contributed by atoms with Crippen LogP contribution in [0, 0.1) is 23.6 Å². The second-order valence-corrected chi connectivity index (χ2v) is 10.6. The Balaban J connectivity index is 1.43. The number of aromatic nitrogens is 1. The summed E-state index contributed by atoms with van der Waals surface area (Å²) in [5.74, 6) is 2.17. The molecule has 0 unspecified atom stereocenters. The summed E-state index contributed by atoms with van der Waals surface area (Å²) in [4.78, 5) is 18.6. The van der Waals surface area contributed by atoms with Crippen LogP contribution in [-0.4, -0.2) is 4.98 Å². The average Bonchev–Trinajstić information content (AvgIpc) is 2.70. The van der Waals surface area contributed by atoms with E-state index in [4.69, 9.17) is 10.7 Å². The van der Waals surface area contributed by atoms with Gasteiger partial charge in [-0.3, -0.25) is 4.79 Å². The number of benzene rings is 1. The molecular weight excluding hydrogens is 397 g/mol. The molecule has 4 aliphatic rings. The third-order valence-corrected chi connectivity index (χ3v) is 8.49. The molecule has 3 aromatic rings. The van der Waals surface area contributed by atoms with Crippen molar-refractivity contribution >= 4 is 37.9 Å². The quantitative estimate of drug-likeness (QED) is 0.578. The number of hydrogen-bond donors (Lipinski definition) is 2. The van der Waals surface area contributed by atoms with Gasteiger partial charge in [0, 0.05) is 16.8 Å². The molecular formula is C24H24FN3OS. The largest absolute Gasteiger partial charge is 0.393 e. The van der Waals surface area contributed by atoms with Crippen molar-refractivity contribution in [2.45, 2.75) is 43.9 Å². The summed E-state index contributed by atoms with van der Waals surface area (Å²) in [5.41, 5.74) is 7.96. The maximum atomic E-state index is 13.6. The normalized spacial score (nSPS) is 29.4. The minimum absolute atomic E-state index is 0.154. The van der Waals surface area contributed by atoms with E-state index < -0.39 is 0 Å². The van der Waals surface area contributed by atoms with Crippen molar-refractivity contribution in [2.24, 2.45) is 17.8 Å². The Morgan fingerprint density at radius 2 is 1.77 bits per heavy atom. The minimum atomic E-state index is -0.339. The molecule has 0 radical (unpaired) electrons. The highest BCUT2D eigenvalue weighted by Crippen LogP contribution is 2.60. The third-order valence-electron chi connectivity index (χ3n) is 7.46. The summed E-state index contributed by atoms with van der Waals surface area (Å²) in [6, 6.07) is 10.1. The molecule has 0 amide bonds. The van der Waals surface area contributed by atoms with E-state index in [1.54, 1.807) is 12.1 Å². The minimum Gasteiger partial charge on any atom is -0.393 e. The molecule has 1 aromatic carbocycles. The molecule has 0 atom stereocenters. The van der Waals surface area contributed by atoms with Crippen LogP contribution in [0.15, 0.2) is 41.2 Å². The molecule has 4 aliphatic carbocycles. The highest BCUT2D eigenvalue weighted by atomic mass is 32.1. The van der Waals surface area contributed by atoms with Gasteiger partial charge in [0.2, 0.25) is 5.43 Å². The Morgan fingerprint density at radius 3 is 2.43 bits per heavy atom.